The van der Waals surface area contributed by atoms with Crippen LogP contribution in [-0.2, 0) is 0 Å². The number of carbonyl (C=O) groups excluding carboxylic acids is 1. The molecular formula is C22H26N6O2. The molecule has 2 aromatic heterocycles. The monoisotopic (exact) mass is 406 g/mol. The van der Waals surface area contributed by atoms with Gasteiger partial charge in [0, 0.05) is 24.5 Å². The molecular weight excluding hydrogens is 380 g/mol. The lowest BCUT2D eigenvalue weighted by atomic mass is 10.1. The third-order valence-electron chi connectivity index (χ3n) is 4.53. The molecule has 8 nitrogen and oxygen atoms in total. The molecule has 1 atom stereocenters. The first-order valence-corrected chi connectivity index (χ1v) is 9.86. The van der Waals surface area contributed by atoms with E-state index >= 15 is 0 Å². The third kappa shape index (κ3) is 5.22. The van der Waals surface area contributed by atoms with Gasteiger partial charge in [0.2, 0.25) is 0 Å². The van der Waals surface area contributed by atoms with Gasteiger partial charge in [0.25, 0.3) is 0 Å². The van der Waals surface area contributed by atoms with Crippen molar-refractivity contribution >= 4 is 17.5 Å². The Morgan fingerprint density at radius 2 is 2.00 bits per heavy atom. The summed E-state index contributed by atoms with van der Waals surface area (Å²) < 4.78 is 5.44. The van der Waals surface area contributed by atoms with Crippen molar-refractivity contribution in [3.63, 3.8) is 0 Å². The summed E-state index contributed by atoms with van der Waals surface area (Å²) in [5, 5.41) is 8.90. The van der Waals surface area contributed by atoms with Gasteiger partial charge in [-0.05, 0) is 37.1 Å². The van der Waals surface area contributed by atoms with Crippen LogP contribution in [0.2, 0.25) is 0 Å². The Kier molecular flexibility index (Phi) is 7.15. The van der Waals surface area contributed by atoms with E-state index in [0.717, 1.165) is 17.5 Å². The predicted molar refractivity (Wildman–Crippen MR) is 118 cm³/mol. The number of hydrogen-bond acceptors (Lipinski definition) is 6. The van der Waals surface area contributed by atoms with Crippen LogP contribution in [0.15, 0.2) is 55.1 Å². The standard InChI is InChI=1S/C22H26N6O2/c1-4-17(16-7-6-10-23-12-16)26-21-14-24-13-19(27-21)15-8-9-18(20(11-15)30-3)28-22(29)25-5-2/h6-14,17H,4-5H2,1-3H3,(H,26,27)(H2,25,28,29)/t17-/m0/s1. The zero-order chi connectivity index (χ0) is 21.3. The summed E-state index contributed by atoms with van der Waals surface area (Å²) in [5.74, 6) is 1.22. The largest absolute Gasteiger partial charge is 0.495 e. The van der Waals surface area contributed by atoms with Crippen molar-refractivity contribution in [2.75, 3.05) is 24.3 Å². The van der Waals surface area contributed by atoms with Crippen molar-refractivity contribution in [3.8, 4) is 17.0 Å². The first-order chi connectivity index (χ1) is 14.6. The maximum atomic E-state index is 11.8. The Labute approximate surface area is 176 Å². The molecule has 0 radical (unpaired) electrons. The first-order valence-electron chi connectivity index (χ1n) is 9.86. The molecule has 30 heavy (non-hydrogen) atoms. The van der Waals surface area contributed by atoms with E-state index in [4.69, 9.17) is 9.72 Å². The summed E-state index contributed by atoms with van der Waals surface area (Å²) in [4.78, 5) is 25.0. The van der Waals surface area contributed by atoms with Crippen molar-refractivity contribution < 1.29 is 9.53 Å². The number of ether oxygens (including phenoxy) is 1. The van der Waals surface area contributed by atoms with Crippen LogP contribution in [-0.4, -0.2) is 34.6 Å². The highest BCUT2D eigenvalue weighted by molar-refractivity contribution is 5.91. The van der Waals surface area contributed by atoms with Gasteiger partial charge in [0.15, 0.2) is 0 Å². The number of hydrogen-bond donors (Lipinski definition) is 3. The summed E-state index contributed by atoms with van der Waals surface area (Å²) in [6.07, 6.45) is 7.89. The van der Waals surface area contributed by atoms with Crippen LogP contribution in [0.3, 0.4) is 0 Å². The molecule has 3 rings (SSSR count). The molecule has 2 amide bonds. The van der Waals surface area contributed by atoms with Gasteiger partial charge in [-0.25, -0.2) is 9.78 Å². The minimum Gasteiger partial charge on any atom is -0.495 e. The number of pyridine rings is 1. The van der Waals surface area contributed by atoms with Gasteiger partial charge in [-0.1, -0.05) is 19.1 Å². The van der Waals surface area contributed by atoms with E-state index in [1.54, 1.807) is 31.8 Å². The summed E-state index contributed by atoms with van der Waals surface area (Å²) in [6, 6.07) is 9.25. The lowest BCUT2D eigenvalue weighted by Crippen LogP contribution is -2.28. The quantitative estimate of drug-likeness (QED) is 0.517. The highest BCUT2D eigenvalue weighted by Gasteiger charge is 2.13. The molecule has 0 aliphatic rings. The maximum absolute atomic E-state index is 11.8. The Morgan fingerprint density at radius 3 is 2.70 bits per heavy atom. The predicted octanol–water partition coefficient (Wildman–Crippen LogP) is 4.25. The Hall–Kier alpha value is -3.68. The van der Waals surface area contributed by atoms with Crippen molar-refractivity contribution in [2.24, 2.45) is 0 Å². The molecule has 0 bridgehead atoms. The molecule has 1 aromatic carbocycles. The van der Waals surface area contributed by atoms with E-state index in [9.17, 15) is 4.79 Å². The molecule has 0 aliphatic heterocycles. The van der Waals surface area contributed by atoms with Crippen LogP contribution in [0.4, 0.5) is 16.3 Å². The van der Waals surface area contributed by atoms with Crippen LogP contribution in [0.1, 0.15) is 31.9 Å². The van der Waals surface area contributed by atoms with Gasteiger partial charge in [0.05, 0.1) is 36.9 Å². The van der Waals surface area contributed by atoms with Crippen LogP contribution >= 0.6 is 0 Å². The van der Waals surface area contributed by atoms with Crippen LogP contribution in [0.5, 0.6) is 5.75 Å². The molecule has 8 heteroatoms. The summed E-state index contributed by atoms with van der Waals surface area (Å²) >= 11 is 0. The lowest BCUT2D eigenvalue weighted by Gasteiger charge is -2.18. The highest BCUT2D eigenvalue weighted by Crippen LogP contribution is 2.30. The number of carbonyl (C=O) groups is 1. The molecule has 3 aromatic rings. The van der Waals surface area contributed by atoms with E-state index in [1.165, 1.54) is 0 Å². The van der Waals surface area contributed by atoms with Gasteiger partial charge < -0.3 is 20.7 Å². The molecule has 0 aliphatic carbocycles. The number of amides is 2. The van der Waals surface area contributed by atoms with E-state index in [0.29, 0.717) is 29.5 Å². The van der Waals surface area contributed by atoms with Crippen molar-refractivity contribution in [1.82, 2.24) is 20.3 Å². The molecule has 0 saturated carbocycles. The number of benzene rings is 1. The minimum absolute atomic E-state index is 0.0847. The number of methoxy groups -OCH3 is 1. The second-order valence-corrected chi connectivity index (χ2v) is 6.58. The molecule has 0 unspecified atom stereocenters. The summed E-state index contributed by atoms with van der Waals surface area (Å²) in [5.41, 5.74) is 3.20. The van der Waals surface area contributed by atoms with Gasteiger partial charge in [0.1, 0.15) is 11.6 Å². The van der Waals surface area contributed by atoms with E-state index in [2.05, 4.69) is 32.8 Å². The number of aromatic nitrogens is 3. The fourth-order valence-corrected chi connectivity index (χ4v) is 3.04. The van der Waals surface area contributed by atoms with Gasteiger partial charge >= 0.3 is 6.03 Å². The molecule has 3 N–H and O–H groups in total. The Balaban J connectivity index is 1.82. The van der Waals surface area contributed by atoms with Crippen LogP contribution < -0.4 is 20.7 Å². The molecule has 0 saturated heterocycles. The summed E-state index contributed by atoms with van der Waals surface area (Å²) in [6.45, 7) is 4.50. The maximum Gasteiger partial charge on any atom is 0.319 e. The minimum atomic E-state index is -0.282. The van der Waals surface area contributed by atoms with E-state index in [-0.39, 0.29) is 12.1 Å². The highest BCUT2D eigenvalue weighted by atomic mass is 16.5. The van der Waals surface area contributed by atoms with Crippen molar-refractivity contribution in [1.29, 1.82) is 0 Å². The topological polar surface area (TPSA) is 101 Å². The van der Waals surface area contributed by atoms with Gasteiger partial charge in [-0.2, -0.15) is 0 Å². The molecule has 156 valence electrons. The third-order valence-corrected chi connectivity index (χ3v) is 4.53. The second kappa shape index (κ2) is 10.2. The van der Waals surface area contributed by atoms with Crippen LogP contribution in [0, 0.1) is 0 Å². The number of nitrogens with one attached hydrogen (secondary N) is 3. The average Bonchev–Trinajstić information content (AvgIpc) is 2.78. The zero-order valence-corrected chi connectivity index (χ0v) is 17.3. The van der Waals surface area contributed by atoms with E-state index in [1.807, 2.05) is 37.4 Å². The normalized spacial score (nSPS) is 11.4. The fourth-order valence-electron chi connectivity index (χ4n) is 3.04. The van der Waals surface area contributed by atoms with E-state index < -0.39 is 0 Å². The second-order valence-electron chi connectivity index (χ2n) is 6.58. The first kappa shape index (κ1) is 21.0. The molecule has 0 spiro atoms. The molecule has 0 fully saturated rings. The number of rotatable bonds is 8. The molecule has 2 heterocycles. The smallest absolute Gasteiger partial charge is 0.319 e. The zero-order valence-electron chi connectivity index (χ0n) is 17.3. The fraction of sp³-hybridized carbons (Fsp3) is 0.273. The van der Waals surface area contributed by atoms with Crippen molar-refractivity contribution in [2.45, 2.75) is 26.3 Å². The number of urea groups is 1. The van der Waals surface area contributed by atoms with Crippen LogP contribution in [0.25, 0.3) is 11.3 Å². The van der Waals surface area contributed by atoms with Gasteiger partial charge in [-0.15, -0.1) is 0 Å². The summed E-state index contributed by atoms with van der Waals surface area (Å²) in [7, 11) is 1.56. The van der Waals surface area contributed by atoms with Gasteiger partial charge in [-0.3, -0.25) is 9.97 Å². The average molecular weight is 406 g/mol. The SMILES string of the molecule is CCNC(=O)Nc1ccc(-c2cncc(N[C@@H](CC)c3cccnc3)n2)cc1OC. The van der Waals surface area contributed by atoms with Crippen molar-refractivity contribution in [3.05, 3.63) is 60.7 Å². The number of anilines is 2. The Morgan fingerprint density at radius 1 is 1.13 bits per heavy atom. The lowest BCUT2D eigenvalue weighted by molar-refractivity contribution is 0.252. The number of nitrogens with zero attached hydrogens (tertiary/aromatic N) is 3. The Bertz CT molecular complexity index is 980.